The van der Waals surface area contributed by atoms with Gasteiger partial charge >= 0.3 is 0 Å². The highest BCUT2D eigenvalue weighted by Crippen LogP contribution is 2.32. The van der Waals surface area contributed by atoms with Crippen LogP contribution in [0.5, 0.6) is 0 Å². The molecule has 0 aromatic heterocycles. The van der Waals surface area contributed by atoms with Crippen LogP contribution in [0.15, 0.2) is 48.5 Å². The van der Waals surface area contributed by atoms with Gasteiger partial charge in [-0.3, -0.25) is 0 Å². The molecule has 0 amide bonds. The normalized spacial score (nSPS) is 15.5. The zero-order chi connectivity index (χ0) is 13.1. The van der Waals surface area contributed by atoms with Crippen molar-refractivity contribution in [1.82, 2.24) is 0 Å². The van der Waals surface area contributed by atoms with Crippen LogP contribution in [-0.2, 0) is 4.74 Å². The van der Waals surface area contributed by atoms with Gasteiger partial charge in [-0.05, 0) is 24.6 Å². The molecule has 1 aliphatic heterocycles. The number of ether oxygens (including phenoxy) is 1. The third-order valence-corrected chi connectivity index (χ3v) is 3.59. The summed E-state index contributed by atoms with van der Waals surface area (Å²) in [6.45, 7) is 5.74. The smallest absolute Gasteiger partial charge is 0.0642 e. The second kappa shape index (κ2) is 5.45. The first kappa shape index (κ1) is 12.2. The number of aryl methyl sites for hydroxylation is 1. The maximum atomic E-state index is 5.45. The van der Waals surface area contributed by atoms with Crippen LogP contribution in [0.4, 0.5) is 5.69 Å². The number of rotatable bonds is 2. The number of hydrogen-bond acceptors (Lipinski definition) is 2. The minimum absolute atomic E-state index is 0.822. The van der Waals surface area contributed by atoms with Gasteiger partial charge < -0.3 is 9.64 Å². The van der Waals surface area contributed by atoms with Gasteiger partial charge in [0.25, 0.3) is 0 Å². The molecule has 0 saturated carbocycles. The molecule has 0 radical (unpaired) electrons. The summed E-state index contributed by atoms with van der Waals surface area (Å²) in [4.78, 5) is 2.42. The molecule has 0 bridgehead atoms. The van der Waals surface area contributed by atoms with E-state index >= 15 is 0 Å². The molecule has 1 heterocycles. The average Bonchev–Trinajstić information content (AvgIpc) is 2.49. The number of anilines is 1. The van der Waals surface area contributed by atoms with Gasteiger partial charge in [0.1, 0.15) is 0 Å². The van der Waals surface area contributed by atoms with Crippen molar-refractivity contribution in [1.29, 1.82) is 0 Å². The molecule has 2 heteroatoms. The van der Waals surface area contributed by atoms with E-state index in [4.69, 9.17) is 4.74 Å². The van der Waals surface area contributed by atoms with Gasteiger partial charge in [-0.2, -0.15) is 0 Å². The molecule has 3 rings (SSSR count). The summed E-state index contributed by atoms with van der Waals surface area (Å²) in [5, 5.41) is 0. The zero-order valence-electron chi connectivity index (χ0n) is 11.3. The van der Waals surface area contributed by atoms with Gasteiger partial charge in [0.15, 0.2) is 0 Å². The van der Waals surface area contributed by atoms with Crippen LogP contribution in [0.2, 0.25) is 0 Å². The predicted octanol–water partition coefficient (Wildman–Crippen LogP) is 3.50. The summed E-state index contributed by atoms with van der Waals surface area (Å²) >= 11 is 0. The molecule has 1 aliphatic rings. The Morgan fingerprint density at radius 2 is 1.68 bits per heavy atom. The first-order chi connectivity index (χ1) is 9.34. The minimum atomic E-state index is 0.822. The van der Waals surface area contributed by atoms with Gasteiger partial charge in [0.05, 0.1) is 13.2 Å². The second-order valence-corrected chi connectivity index (χ2v) is 4.99. The fraction of sp³-hybridized carbons (Fsp3) is 0.294. The Labute approximate surface area is 114 Å². The van der Waals surface area contributed by atoms with Crippen LogP contribution in [0.3, 0.4) is 0 Å². The van der Waals surface area contributed by atoms with Crippen LogP contribution >= 0.6 is 0 Å². The van der Waals surface area contributed by atoms with Crippen LogP contribution < -0.4 is 4.90 Å². The summed E-state index contributed by atoms with van der Waals surface area (Å²) in [6, 6.07) is 17.3. The van der Waals surface area contributed by atoms with E-state index in [2.05, 4.69) is 60.4 Å². The third-order valence-electron chi connectivity index (χ3n) is 3.59. The summed E-state index contributed by atoms with van der Waals surface area (Å²) < 4.78 is 5.45. The van der Waals surface area contributed by atoms with Crippen molar-refractivity contribution in [3.63, 3.8) is 0 Å². The van der Waals surface area contributed by atoms with Crippen molar-refractivity contribution in [3.05, 3.63) is 54.1 Å². The first-order valence-corrected chi connectivity index (χ1v) is 6.83. The monoisotopic (exact) mass is 253 g/mol. The predicted molar refractivity (Wildman–Crippen MR) is 79.6 cm³/mol. The topological polar surface area (TPSA) is 12.5 Å². The van der Waals surface area contributed by atoms with E-state index in [1.54, 1.807) is 0 Å². The van der Waals surface area contributed by atoms with E-state index in [1.165, 1.54) is 22.4 Å². The van der Waals surface area contributed by atoms with Gasteiger partial charge in [-0.25, -0.2) is 0 Å². The lowest BCUT2D eigenvalue weighted by molar-refractivity contribution is 0.123. The van der Waals surface area contributed by atoms with Crippen LogP contribution in [0.1, 0.15) is 5.56 Å². The Bertz CT molecular complexity index is 544. The molecule has 2 aromatic carbocycles. The fourth-order valence-electron chi connectivity index (χ4n) is 2.58. The van der Waals surface area contributed by atoms with E-state index in [0.717, 1.165) is 26.3 Å². The molecular weight excluding hydrogens is 234 g/mol. The Hall–Kier alpha value is -1.80. The first-order valence-electron chi connectivity index (χ1n) is 6.83. The Morgan fingerprint density at radius 3 is 2.42 bits per heavy atom. The average molecular weight is 253 g/mol. The van der Waals surface area contributed by atoms with Crippen molar-refractivity contribution < 1.29 is 4.74 Å². The molecule has 1 saturated heterocycles. The van der Waals surface area contributed by atoms with Crippen molar-refractivity contribution in [2.24, 2.45) is 0 Å². The van der Waals surface area contributed by atoms with E-state index in [1.807, 2.05) is 0 Å². The van der Waals surface area contributed by atoms with Crippen LogP contribution in [0, 0.1) is 6.92 Å². The number of benzene rings is 2. The molecule has 2 aromatic rings. The van der Waals surface area contributed by atoms with Crippen molar-refractivity contribution in [3.8, 4) is 11.1 Å². The molecule has 0 spiro atoms. The van der Waals surface area contributed by atoms with Crippen molar-refractivity contribution in [2.75, 3.05) is 31.2 Å². The van der Waals surface area contributed by atoms with E-state index in [-0.39, 0.29) is 0 Å². The summed E-state index contributed by atoms with van der Waals surface area (Å²) in [5.41, 5.74) is 5.23. The second-order valence-electron chi connectivity index (χ2n) is 4.99. The highest BCUT2D eigenvalue weighted by atomic mass is 16.5. The third kappa shape index (κ3) is 2.64. The molecule has 19 heavy (non-hydrogen) atoms. The lowest BCUT2D eigenvalue weighted by Crippen LogP contribution is -2.36. The summed E-state index contributed by atoms with van der Waals surface area (Å²) in [6.07, 6.45) is 0. The zero-order valence-corrected chi connectivity index (χ0v) is 11.3. The molecule has 2 nitrogen and oxygen atoms in total. The Morgan fingerprint density at radius 1 is 0.947 bits per heavy atom. The quantitative estimate of drug-likeness (QED) is 0.812. The van der Waals surface area contributed by atoms with Crippen molar-refractivity contribution in [2.45, 2.75) is 6.92 Å². The minimum Gasteiger partial charge on any atom is -0.378 e. The Balaban J connectivity index is 2.04. The molecule has 0 atom stereocenters. The van der Waals surface area contributed by atoms with E-state index < -0.39 is 0 Å². The molecule has 1 fully saturated rings. The van der Waals surface area contributed by atoms with Crippen LogP contribution in [-0.4, -0.2) is 26.3 Å². The maximum Gasteiger partial charge on any atom is 0.0642 e. The standard InChI is InChI=1S/C17H19NO/c1-14-7-8-17(18-9-11-19-12-10-18)16(13-14)15-5-3-2-4-6-15/h2-8,13H,9-12H2,1H3. The van der Waals surface area contributed by atoms with Gasteiger partial charge in [-0.15, -0.1) is 0 Å². The molecule has 0 aliphatic carbocycles. The lowest BCUT2D eigenvalue weighted by Gasteiger charge is -2.31. The lowest BCUT2D eigenvalue weighted by atomic mass is 10.0. The summed E-state index contributed by atoms with van der Waals surface area (Å²) in [5.74, 6) is 0. The van der Waals surface area contributed by atoms with Gasteiger partial charge in [0, 0.05) is 24.3 Å². The van der Waals surface area contributed by atoms with Crippen LogP contribution in [0.25, 0.3) is 11.1 Å². The molecular formula is C17H19NO. The maximum absolute atomic E-state index is 5.45. The van der Waals surface area contributed by atoms with E-state index in [9.17, 15) is 0 Å². The number of morpholine rings is 1. The SMILES string of the molecule is Cc1ccc(N2CCOCC2)c(-c2ccccc2)c1. The van der Waals surface area contributed by atoms with Gasteiger partial charge in [0.2, 0.25) is 0 Å². The summed E-state index contributed by atoms with van der Waals surface area (Å²) in [7, 11) is 0. The number of hydrogen-bond donors (Lipinski definition) is 0. The highest BCUT2D eigenvalue weighted by Gasteiger charge is 2.15. The molecule has 0 unspecified atom stereocenters. The molecule has 0 N–H and O–H groups in total. The number of nitrogens with zero attached hydrogens (tertiary/aromatic N) is 1. The fourth-order valence-corrected chi connectivity index (χ4v) is 2.58. The van der Waals surface area contributed by atoms with E-state index in [0.29, 0.717) is 0 Å². The Kier molecular flexibility index (Phi) is 3.51. The van der Waals surface area contributed by atoms with Crippen molar-refractivity contribution >= 4 is 5.69 Å². The largest absolute Gasteiger partial charge is 0.378 e. The molecule has 98 valence electrons. The van der Waals surface area contributed by atoms with Gasteiger partial charge in [-0.1, -0.05) is 42.0 Å². The highest BCUT2D eigenvalue weighted by molar-refractivity contribution is 5.79.